The van der Waals surface area contributed by atoms with E-state index >= 15 is 0 Å². The molecule has 12 heteroatoms. The minimum Gasteiger partial charge on any atom is -0.462 e. The van der Waals surface area contributed by atoms with Gasteiger partial charge in [-0.3, -0.25) is 14.1 Å². The van der Waals surface area contributed by atoms with Crippen LogP contribution in [-0.4, -0.2) is 55.8 Å². The molecule has 0 atom stereocenters. The van der Waals surface area contributed by atoms with Gasteiger partial charge in [-0.1, -0.05) is 12.5 Å². The van der Waals surface area contributed by atoms with E-state index in [1.165, 1.54) is 17.2 Å². The molecule has 1 saturated heterocycles. The number of aromatic nitrogens is 1. The third-order valence-electron chi connectivity index (χ3n) is 5.66. The summed E-state index contributed by atoms with van der Waals surface area (Å²) in [5.74, 6) is -0.757. The van der Waals surface area contributed by atoms with Crippen LogP contribution in [0.4, 0.5) is 11.4 Å². The number of anilines is 2. The van der Waals surface area contributed by atoms with Crippen molar-refractivity contribution in [3.05, 3.63) is 43.8 Å². The molecule has 0 spiro atoms. The number of carbonyl (C=O) groups excluding carboxylic acids is 1. The van der Waals surface area contributed by atoms with Crippen molar-refractivity contribution in [2.75, 3.05) is 42.0 Å². The molecule has 0 aliphatic carbocycles. The van der Waals surface area contributed by atoms with Crippen molar-refractivity contribution in [2.45, 2.75) is 39.7 Å². The Morgan fingerprint density at radius 2 is 1.94 bits per heavy atom. The summed E-state index contributed by atoms with van der Waals surface area (Å²) in [7, 11) is -3.51. The fraction of sp³-hybridized carbons (Fsp3) is 0.458. The smallest absolute Gasteiger partial charge is 0.351 e. The molecule has 2 heterocycles. The summed E-state index contributed by atoms with van der Waals surface area (Å²) in [5.41, 5.74) is 0.406. The van der Waals surface area contributed by atoms with Gasteiger partial charge in [-0.2, -0.15) is 5.26 Å². The van der Waals surface area contributed by atoms with Crippen LogP contribution in [0.2, 0.25) is 0 Å². The molecule has 36 heavy (non-hydrogen) atoms. The van der Waals surface area contributed by atoms with E-state index in [-0.39, 0.29) is 39.2 Å². The van der Waals surface area contributed by atoms with Crippen molar-refractivity contribution in [1.29, 1.82) is 5.26 Å². The number of benzene rings is 1. The van der Waals surface area contributed by atoms with Crippen molar-refractivity contribution in [3.8, 4) is 6.07 Å². The lowest BCUT2D eigenvalue weighted by Crippen LogP contribution is -2.35. The maximum Gasteiger partial charge on any atom is 0.351 e. The number of hydrogen-bond acceptors (Lipinski definition) is 9. The lowest BCUT2D eigenvalue weighted by atomic mass is 10.1. The molecule has 0 saturated carbocycles. The van der Waals surface area contributed by atoms with Gasteiger partial charge in [0.15, 0.2) is 5.57 Å². The first kappa shape index (κ1) is 27.4. The highest BCUT2D eigenvalue weighted by molar-refractivity contribution is 7.92. The van der Waals surface area contributed by atoms with E-state index in [1.54, 1.807) is 38.1 Å². The summed E-state index contributed by atoms with van der Waals surface area (Å²) < 4.78 is 34.6. The second kappa shape index (κ2) is 12.7. The average Bonchev–Trinajstić information content (AvgIpc) is 3.17. The predicted octanol–water partition coefficient (Wildman–Crippen LogP) is 1.24. The lowest BCUT2D eigenvalue weighted by molar-refractivity contribution is -0.136. The highest BCUT2D eigenvalue weighted by atomic mass is 32.2. The lowest BCUT2D eigenvalue weighted by Gasteiger charge is -2.26. The largest absolute Gasteiger partial charge is 0.462 e. The minimum absolute atomic E-state index is 0.0174. The summed E-state index contributed by atoms with van der Waals surface area (Å²) >= 11 is 1.01. The number of likely N-dealkylation sites (tertiary alicyclic amines) is 1. The number of esters is 1. The van der Waals surface area contributed by atoms with Gasteiger partial charge in [0.1, 0.15) is 15.3 Å². The van der Waals surface area contributed by atoms with E-state index in [0.29, 0.717) is 17.9 Å². The fourth-order valence-electron chi connectivity index (χ4n) is 3.86. The predicted molar refractivity (Wildman–Crippen MR) is 141 cm³/mol. The maximum atomic E-state index is 12.8. The first-order chi connectivity index (χ1) is 17.3. The third kappa shape index (κ3) is 7.19. The molecule has 10 nitrogen and oxygen atoms in total. The van der Waals surface area contributed by atoms with Gasteiger partial charge in [-0.15, -0.1) is 11.3 Å². The zero-order valence-electron chi connectivity index (χ0n) is 20.5. The molecular formula is C24H31N5O5S2. The average molecular weight is 534 g/mol. The molecule has 0 radical (unpaired) electrons. The Kier molecular flexibility index (Phi) is 9.69. The third-order valence-corrected chi connectivity index (χ3v) is 8.06. The first-order valence-electron chi connectivity index (χ1n) is 11.9. The molecule has 0 amide bonds. The van der Waals surface area contributed by atoms with Gasteiger partial charge < -0.3 is 15.0 Å². The van der Waals surface area contributed by atoms with Crippen LogP contribution in [0.25, 0.3) is 11.8 Å². The Labute approximate surface area is 214 Å². The summed E-state index contributed by atoms with van der Waals surface area (Å²) in [4.78, 5) is 27.2. The number of thiazole rings is 1. The van der Waals surface area contributed by atoms with Crippen molar-refractivity contribution in [2.24, 2.45) is 0 Å². The monoisotopic (exact) mass is 533 g/mol. The molecule has 1 aromatic heterocycles. The number of piperidine rings is 1. The zero-order chi connectivity index (χ0) is 26.1. The Bertz CT molecular complexity index is 1400. The highest BCUT2D eigenvalue weighted by Gasteiger charge is 2.17. The molecule has 1 fully saturated rings. The zero-order valence-corrected chi connectivity index (χ0v) is 22.1. The summed E-state index contributed by atoms with van der Waals surface area (Å²) in [6, 6.07) is 8.57. The van der Waals surface area contributed by atoms with Crippen LogP contribution in [0.5, 0.6) is 0 Å². The van der Waals surface area contributed by atoms with Crippen LogP contribution in [0.15, 0.2) is 29.1 Å². The molecule has 1 aliphatic rings. The van der Waals surface area contributed by atoms with Crippen LogP contribution in [-0.2, 0) is 26.1 Å². The Balaban J connectivity index is 1.79. The summed E-state index contributed by atoms with van der Waals surface area (Å²) in [6.45, 7) is 6.14. The molecule has 194 valence electrons. The highest BCUT2D eigenvalue weighted by Crippen LogP contribution is 2.17. The molecule has 2 N–H and O–H groups in total. The fourth-order valence-corrected chi connectivity index (χ4v) is 6.02. The van der Waals surface area contributed by atoms with E-state index < -0.39 is 16.0 Å². The van der Waals surface area contributed by atoms with E-state index in [1.807, 2.05) is 6.07 Å². The Hall–Kier alpha value is -3.14. The van der Waals surface area contributed by atoms with Gasteiger partial charge in [-0.25, -0.2) is 13.2 Å². The second-order valence-electron chi connectivity index (χ2n) is 8.22. The molecule has 1 aliphatic heterocycles. The number of sulfonamides is 1. The number of carbonyl (C=O) groups is 1. The van der Waals surface area contributed by atoms with Gasteiger partial charge in [0.2, 0.25) is 10.0 Å². The van der Waals surface area contributed by atoms with Gasteiger partial charge in [-0.05, 0) is 58.0 Å². The van der Waals surface area contributed by atoms with Gasteiger partial charge >= 0.3 is 5.97 Å². The summed E-state index contributed by atoms with van der Waals surface area (Å²) in [5, 5.41) is 12.5. The van der Waals surface area contributed by atoms with Crippen LogP contribution in [0.1, 0.15) is 33.1 Å². The first-order valence-corrected chi connectivity index (χ1v) is 14.4. The SMILES string of the molecule is CCOC(=O)C(C#N)=c1sc(=CNc2cccc(NS(=O)(=O)CCN3CCCCC3)c2)c(=O)n1CC. The van der Waals surface area contributed by atoms with Gasteiger partial charge in [0.05, 0.1) is 18.0 Å². The van der Waals surface area contributed by atoms with E-state index in [9.17, 15) is 23.3 Å². The molecule has 2 aromatic rings. The number of nitrogens with one attached hydrogen (secondary N) is 2. The normalized spacial score (nSPS) is 15.8. The second-order valence-corrected chi connectivity index (χ2v) is 11.1. The summed E-state index contributed by atoms with van der Waals surface area (Å²) in [6.07, 6.45) is 4.88. The van der Waals surface area contributed by atoms with E-state index in [0.717, 1.165) is 37.3 Å². The van der Waals surface area contributed by atoms with Crippen LogP contribution >= 0.6 is 11.3 Å². The Morgan fingerprint density at radius 3 is 2.61 bits per heavy atom. The number of nitriles is 1. The number of rotatable bonds is 10. The van der Waals surface area contributed by atoms with E-state index in [4.69, 9.17) is 4.74 Å². The van der Waals surface area contributed by atoms with Crippen molar-refractivity contribution >= 4 is 50.5 Å². The van der Waals surface area contributed by atoms with E-state index in [2.05, 4.69) is 14.9 Å². The number of nitrogens with zero attached hydrogens (tertiary/aromatic N) is 3. The molecular weight excluding hydrogens is 502 g/mol. The quantitative estimate of drug-likeness (QED) is 0.436. The van der Waals surface area contributed by atoms with Crippen LogP contribution in [0, 0.1) is 11.3 Å². The number of ether oxygens (including phenoxy) is 1. The maximum absolute atomic E-state index is 12.8. The molecule has 3 rings (SSSR count). The topological polar surface area (TPSA) is 134 Å². The Morgan fingerprint density at radius 1 is 1.22 bits per heavy atom. The van der Waals surface area contributed by atoms with Crippen molar-refractivity contribution in [3.63, 3.8) is 0 Å². The van der Waals surface area contributed by atoms with Crippen LogP contribution in [0.3, 0.4) is 0 Å². The van der Waals surface area contributed by atoms with Crippen LogP contribution < -0.4 is 24.8 Å². The minimum atomic E-state index is -3.51. The van der Waals surface area contributed by atoms with Gasteiger partial charge in [0.25, 0.3) is 5.56 Å². The van der Waals surface area contributed by atoms with Gasteiger partial charge in [0, 0.05) is 25.0 Å². The molecule has 0 unspecified atom stereocenters. The standard InChI is InChI=1S/C24H31N5O5S2/c1-3-29-22(30)21(35-23(29)20(16-25)24(31)34-4-2)17-26-18-9-8-10-19(15-18)27-36(32,33)14-13-28-11-6-5-7-12-28/h8-10,15,17,26-27H,3-7,11-14H2,1-2H3. The molecule has 1 aromatic carbocycles. The van der Waals surface area contributed by atoms with Crippen molar-refractivity contribution in [1.82, 2.24) is 9.47 Å². The van der Waals surface area contributed by atoms with Crippen molar-refractivity contribution < 1.29 is 17.9 Å². The molecule has 0 bridgehead atoms. The number of hydrogen-bond donors (Lipinski definition) is 2.